The van der Waals surface area contributed by atoms with E-state index in [0.29, 0.717) is 6.04 Å². The average molecular weight is 204 g/mol. The van der Waals surface area contributed by atoms with E-state index in [-0.39, 0.29) is 0 Å². The van der Waals surface area contributed by atoms with Gasteiger partial charge >= 0.3 is 0 Å². The van der Waals surface area contributed by atoms with Crippen molar-refractivity contribution >= 4 is 22.9 Å². The molecule has 2 nitrogen and oxygen atoms in total. The first-order chi connectivity index (χ1) is 5.81. The smallest absolute Gasteiger partial charge is 0.0934 e. The normalized spacial score (nSPS) is 21.3. The molecule has 2 rings (SSSR count). The van der Waals surface area contributed by atoms with Crippen molar-refractivity contribution in [2.75, 3.05) is 7.11 Å². The highest BCUT2D eigenvalue weighted by atomic mass is 35.5. The summed E-state index contributed by atoms with van der Waals surface area (Å²) >= 11 is 7.57. The van der Waals surface area contributed by atoms with Crippen LogP contribution < -0.4 is 5.48 Å². The van der Waals surface area contributed by atoms with Crippen molar-refractivity contribution in [3.05, 3.63) is 20.8 Å². The van der Waals surface area contributed by atoms with Gasteiger partial charge in [-0.05, 0) is 24.5 Å². The van der Waals surface area contributed by atoms with Crippen molar-refractivity contribution in [3.63, 3.8) is 0 Å². The molecule has 0 saturated heterocycles. The fourth-order valence-corrected chi connectivity index (χ4v) is 2.95. The first kappa shape index (κ1) is 8.51. The highest BCUT2D eigenvalue weighted by molar-refractivity contribution is 7.16. The highest BCUT2D eigenvalue weighted by Gasteiger charge is 2.24. The Morgan fingerprint density at radius 3 is 3.33 bits per heavy atom. The van der Waals surface area contributed by atoms with Crippen molar-refractivity contribution < 1.29 is 4.84 Å². The SMILES string of the molecule is CONC1CCc2sc(Cl)cc21. The molecule has 1 aromatic rings. The third kappa shape index (κ3) is 1.38. The van der Waals surface area contributed by atoms with E-state index in [1.807, 2.05) is 6.07 Å². The monoisotopic (exact) mass is 203 g/mol. The fourth-order valence-electron chi connectivity index (χ4n) is 1.59. The van der Waals surface area contributed by atoms with Crippen LogP contribution in [0.4, 0.5) is 0 Å². The summed E-state index contributed by atoms with van der Waals surface area (Å²) in [4.78, 5) is 6.30. The van der Waals surface area contributed by atoms with Gasteiger partial charge in [-0.25, -0.2) is 0 Å². The summed E-state index contributed by atoms with van der Waals surface area (Å²) in [6, 6.07) is 2.37. The number of halogens is 1. The van der Waals surface area contributed by atoms with Crippen LogP contribution in [0.25, 0.3) is 0 Å². The fraction of sp³-hybridized carbons (Fsp3) is 0.500. The van der Waals surface area contributed by atoms with E-state index in [1.54, 1.807) is 18.4 Å². The van der Waals surface area contributed by atoms with Crippen molar-refractivity contribution in [1.29, 1.82) is 0 Å². The number of nitrogens with one attached hydrogen (secondary N) is 1. The molecule has 1 atom stereocenters. The van der Waals surface area contributed by atoms with Gasteiger partial charge in [0.15, 0.2) is 0 Å². The summed E-state index contributed by atoms with van der Waals surface area (Å²) in [5, 5.41) is 0. The Morgan fingerprint density at radius 2 is 2.58 bits per heavy atom. The number of hydrogen-bond donors (Lipinski definition) is 1. The minimum absolute atomic E-state index is 0.341. The molecule has 1 N–H and O–H groups in total. The zero-order chi connectivity index (χ0) is 8.55. The molecule has 1 heterocycles. The molecule has 1 aliphatic rings. The Bertz CT molecular complexity index is 287. The second kappa shape index (κ2) is 3.34. The zero-order valence-electron chi connectivity index (χ0n) is 6.76. The Labute approximate surface area is 80.4 Å². The summed E-state index contributed by atoms with van der Waals surface area (Å²) in [6.45, 7) is 0. The molecule has 12 heavy (non-hydrogen) atoms. The second-order valence-electron chi connectivity index (χ2n) is 2.84. The van der Waals surface area contributed by atoms with Gasteiger partial charge < -0.3 is 4.84 Å². The van der Waals surface area contributed by atoms with Gasteiger partial charge in [-0.1, -0.05) is 11.6 Å². The lowest BCUT2D eigenvalue weighted by molar-refractivity contribution is 0.0610. The average Bonchev–Trinajstić information content (AvgIpc) is 2.52. The largest absolute Gasteiger partial charge is 0.305 e. The van der Waals surface area contributed by atoms with E-state index in [4.69, 9.17) is 16.4 Å². The molecular formula is C8H10ClNOS. The van der Waals surface area contributed by atoms with E-state index < -0.39 is 0 Å². The van der Waals surface area contributed by atoms with E-state index in [2.05, 4.69) is 5.48 Å². The third-order valence-corrected chi connectivity index (χ3v) is 3.45. The van der Waals surface area contributed by atoms with Crippen LogP contribution in [0.3, 0.4) is 0 Å². The van der Waals surface area contributed by atoms with Crippen molar-refractivity contribution in [3.8, 4) is 0 Å². The number of hydrogen-bond acceptors (Lipinski definition) is 3. The summed E-state index contributed by atoms with van der Waals surface area (Å²) < 4.78 is 0.877. The molecule has 0 fully saturated rings. The molecule has 0 amide bonds. The standard InChI is InChI=1S/C8H10ClNOS/c1-11-10-6-2-3-7-5(6)4-8(9)12-7/h4,6,10H,2-3H2,1H3. The van der Waals surface area contributed by atoms with Crippen LogP contribution >= 0.6 is 22.9 Å². The van der Waals surface area contributed by atoms with Gasteiger partial charge in [0.1, 0.15) is 0 Å². The van der Waals surface area contributed by atoms with E-state index in [9.17, 15) is 0 Å². The van der Waals surface area contributed by atoms with Gasteiger partial charge in [0.05, 0.1) is 17.5 Å². The van der Waals surface area contributed by atoms with Crippen molar-refractivity contribution in [1.82, 2.24) is 5.48 Å². The Hall–Kier alpha value is -0.0900. The number of aryl methyl sites for hydroxylation is 1. The first-order valence-electron chi connectivity index (χ1n) is 3.88. The molecule has 4 heteroatoms. The maximum absolute atomic E-state index is 5.89. The van der Waals surface area contributed by atoms with Crippen LogP contribution in [0.15, 0.2) is 6.07 Å². The predicted molar refractivity (Wildman–Crippen MR) is 50.5 cm³/mol. The van der Waals surface area contributed by atoms with Gasteiger partial charge in [0.2, 0.25) is 0 Å². The molecule has 0 aromatic carbocycles. The molecule has 0 saturated carbocycles. The van der Waals surface area contributed by atoms with Crippen molar-refractivity contribution in [2.24, 2.45) is 0 Å². The van der Waals surface area contributed by atoms with E-state index in [0.717, 1.165) is 17.2 Å². The Morgan fingerprint density at radius 1 is 1.75 bits per heavy atom. The molecule has 0 radical (unpaired) electrons. The molecule has 0 spiro atoms. The van der Waals surface area contributed by atoms with Crippen LogP contribution in [-0.2, 0) is 11.3 Å². The maximum atomic E-state index is 5.89. The summed E-state index contributed by atoms with van der Waals surface area (Å²) in [5.41, 5.74) is 4.27. The zero-order valence-corrected chi connectivity index (χ0v) is 8.34. The number of rotatable bonds is 2. The molecule has 66 valence electrons. The summed E-state index contributed by atoms with van der Waals surface area (Å²) in [7, 11) is 1.64. The molecular weight excluding hydrogens is 194 g/mol. The van der Waals surface area contributed by atoms with Gasteiger partial charge in [0.25, 0.3) is 0 Å². The lowest BCUT2D eigenvalue weighted by Gasteiger charge is -2.09. The van der Waals surface area contributed by atoms with Gasteiger partial charge in [-0.15, -0.1) is 11.3 Å². The van der Waals surface area contributed by atoms with Crippen LogP contribution in [0.5, 0.6) is 0 Å². The maximum Gasteiger partial charge on any atom is 0.0934 e. The summed E-state index contributed by atoms with van der Waals surface area (Å²) in [5.74, 6) is 0. The lowest BCUT2D eigenvalue weighted by Crippen LogP contribution is -2.16. The molecule has 0 aliphatic heterocycles. The first-order valence-corrected chi connectivity index (χ1v) is 5.07. The van der Waals surface area contributed by atoms with Crippen LogP contribution in [0.2, 0.25) is 4.34 Å². The van der Waals surface area contributed by atoms with Gasteiger partial charge in [-0.3, -0.25) is 0 Å². The Kier molecular flexibility index (Phi) is 2.37. The topological polar surface area (TPSA) is 21.3 Å². The molecule has 1 aromatic heterocycles. The number of fused-ring (bicyclic) bond motifs is 1. The number of hydroxylamine groups is 1. The minimum Gasteiger partial charge on any atom is -0.305 e. The molecule has 1 aliphatic carbocycles. The van der Waals surface area contributed by atoms with E-state index in [1.165, 1.54) is 10.4 Å². The van der Waals surface area contributed by atoms with Gasteiger partial charge in [-0.2, -0.15) is 5.48 Å². The van der Waals surface area contributed by atoms with Crippen LogP contribution in [0.1, 0.15) is 22.9 Å². The second-order valence-corrected chi connectivity index (χ2v) is 4.61. The third-order valence-electron chi connectivity index (χ3n) is 2.11. The minimum atomic E-state index is 0.341. The van der Waals surface area contributed by atoms with Crippen molar-refractivity contribution in [2.45, 2.75) is 18.9 Å². The lowest BCUT2D eigenvalue weighted by atomic mass is 10.2. The summed E-state index contributed by atoms with van der Waals surface area (Å²) in [6.07, 6.45) is 2.24. The predicted octanol–water partition coefficient (Wildman–Crippen LogP) is 2.54. The van der Waals surface area contributed by atoms with Gasteiger partial charge in [0, 0.05) is 4.88 Å². The van der Waals surface area contributed by atoms with Crippen LogP contribution in [0, 0.1) is 0 Å². The Balaban J connectivity index is 2.22. The van der Waals surface area contributed by atoms with E-state index >= 15 is 0 Å². The highest BCUT2D eigenvalue weighted by Crippen LogP contribution is 2.39. The van der Waals surface area contributed by atoms with Crippen LogP contribution in [-0.4, -0.2) is 7.11 Å². The quantitative estimate of drug-likeness (QED) is 0.746. The molecule has 1 unspecified atom stereocenters. The number of thiophene rings is 1. The molecule has 0 bridgehead atoms.